The predicted octanol–water partition coefficient (Wildman–Crippen LogP) is 0.414. The van der Waals surface area contributed by atoms with Crippen LogP contribution in [0.5, 0.6) is 0 Å². The number of benzene rings is 1. The Kier molecular flexibility index (Phi) is 3.37. The normalized spacial score (nSPS) is 22.5. The molecule has 1 atom stereocenters. The maximum Gasteiger partial charge on any atom is 0.245 e. The van der Waals surface area contributed by atoms with Crippen LogP contribution in [0.3, 0.4) is 0 Å². The molecule has 0 spiro atoms. The van der Waals surface area contributed by atoms with Gasteiger partial charge in [0.05, 0.1) is 11.8 Å². The fraction of sp³-hybridized carbons (Fsp3) is 0.455. The van der Waals surface area contributed by atoms with Crippen molar-refractivity contribution in [2.45, 2.75) is 23.8 Å². The maximum atomic E-state index is 12.3. The van der Waals surface area contributed by atoms with Gasteiger partial charge in [0.2, 0.25) is 10.0 Å². The third-order valence-corrected chi connectivity index (χ3v) is 4.84. The van der Waals surface area contributed by atoms with Gasteiger partial charge in [0.25, 0.3) is 0 Å². The number of para-hydroxylation sites is 1. The molecule has 1 heterocycles. The monoisotopic (exact) mass is 256 g/mol. The summed E-state index contributed by atoms with van der Waals surface area (Å²) in [4.78, 5) is 0.120. The van der Waals surface area contributed by atoms with Crippen LogP contribution in [0.2, 0.25) is 0 Å². The molecule has 0 aromatic heterocycles. The number of hydrogen-bond acceptors (Lipinski definition) is 4. The van der Waals surface area contributed by atoms with E-state index in [-0.39, 0.29) is 17.1 Å². The van der Waals surface area contributed by atoms with Crippen molar-refractivity contribution in [2.24, 2.45) is 0 Å². The third-order valence-electron chi connectivity index (χ3n) is 2.90. The first-order valence-electron chi connectivity index (χ1n) is 5.54. The van der Waals surface area contributed by atoms with Crippen molar-refractivity contribution < 1.29 is 13.5 Å². The Morgan fingerprint density at radius 3 is 2.71 bits per heavy atom. The largest absolute Gasteiger partial charge is 0.398 e. The van der Waals surface area contributed by atoms with E-state index in [0.717, 1.165) is 0 Å². The van der Waals surface area contributed by atoms with Crippen LogP contribution in [-0.2, 0) is 10.0 Å². The van der Waals surface area contributed by atoms with E-state index in [1.165, 1.54) is 10.4 Å². The Balaban J connectivity index is 2.33. The van der Waals surface area contributed by atoms with Gasteiger partial charge in [0.1, 0.15) is 4.90 Å². The van der Waals surface area contributed by atoms with E-state index in [4.69, 9.17) is 5.73 Å². The molecule has 6 heteroatoms. The molecule has 1 fully saturated rings. The first-order valence-corrected chi connectivity index (χ1v) is 6.98. The van der Waals surface area contributed by atoms with Crippen molar-refractivity contribution in [1.82, 2.24) is 4.31 Å². The molecule has 1 aliphatic heterocycles. The van der Waals surface area contributed by atoms with Gasteiger partial charge in [-0.05, 0) is 25.0 Å². The maximum absolute atomic E-state index is 12.3. The number of nitrogens with two attached hydrogens (primary N) is 1. The molecule has 0 radical (unpaired) electrons. The van der Waals surface area contributed by atoms with Gasteiger partial charge in [-0.1, -0.05) is 12.1 Å². The molecule has 0 aliphatic carbocycles. The fourth-order valence-electron chi connectivity index (χ4n) is 1.99. The summed E-state index contributed by atoms with van der Waals surface area (Å²) in [7, 11) is -3.58. The molecule has 0 unspecified atom stereocenters. The van der Waals surface area contributed by atoms with Crippen molar-refractivity contribution in [3.8, 4) is 0 Å². The van der Waals surface area contributed by atoms with Crippen LogP contribution < -0.4 is 5.73 Å². The minimum absolute atomic E-state index is 0.120. The van der Waals surface area contributed by atoms with Crippen LogP contribution in [0.1, 0.15) is 12.8 Å². The van der Waals surface area contributed by atoms with Crippen molar-refractivity contribution >= 4 is 15.7 Å². The van der Waals surface area contributed by atoms with E-state index in [2.05, 4.69) is 0 Å². The Morgan fingerprint density at radius 1 is 1.35 bits per heavy atom. The molecule has 1 aliphatic rings. The first-order chi connectivity index (χ1) is 8.01. The summed E-state index contributed by atoms with van der Waals surface area (Å²) < 4.78 is 25.9. The lowest BCUT2D eigenvalue weighted by Gasteiger charge is -2.29. The predicted molar refractivity (Wildman–Crippen MR) is 64.9 cm³/mol. The number of hydrogen-bond donors (Lipinski definition) is 2. The lowest BCUT2D eigenvalue weighted by Crippen LogP contribution is -2.42. The second-order valence-electron chi connectivity index (χ2n) is 4.20. The molecular formula is C11H16N2O3S. The highest BCUT2D eigenvalue weighted by Crippen LogP contribution is 2.24. The number of β-amino-alcohol motifs (C(OH)–C–C–N with tert-alkyl or cyclic N) is 1. The molecule has 3 N–H and O–H groups in total. The lowest BCUT2D eigenvalue weighted by molar-refractivity contribution is 0.108. The number of sulfonamides is 1. The highest BCUT2D eigenvalue weighted by atomic mass is 32.2. The van der Waals surface area contributed by atoms with E-state index in [1.54, 1.807) is 18.2 Å². The van der Waals surface area contributed by atoms with Gasteiger partial charge in [-0.25, -0.2) is 8.42 Å². The number of nitrogens with zero attached hydrogens (tertiary/aromatic N) is 1. The minimum atomic E-state index is -3.58. The number of anilines is 1. The number of piperidine rings is 1. The van der Waals surface area contributed by atoms with Crippen LogP contribution in [-0.4, -0.2) is 37.0 Å². The second kappa shape index (κ2) is 4.64. The summed E-state index contributed by atoms with van der Waals surface area (Å²) in [5.41, 5.74) is 5.92. The lowest BCUT2D eigenvalue weighted by atomic mass is 10.1. The van der Waals surface area contributed by atoms with Crippen molar-refractivity contribution in [2.75, 3.05) is 18.8 Å². The second-order valence-corrected chi connectivity index (χ2v) is 6.10. The zero-order valence-corrected chi connectivity index (χ0v) is 10.2. The summed E-state index contributed by atoms with van der Waals surface area (Å²) in [6.07, 6.45) is 0.743. The minimum Gasteiger partial charge on any atom is -0.398 e. The first kappa shape index (κ1) is 12.3. The zero-order chi connectivity index (χ0) is 12.5. The quantitative estimate of drug-likeness (QED) is 0.751. The standard InChI is InChI=1S/C11H16N2O3S/c12-10-5-1-2-6-11(10)17(15,16)13-7-3-4-9(14)8-13/h1-2,5-6,9,14H,3-4,7-8,12H2/t9-/m0/s1. The van der Waals surface area contributed by atoms with Crippen LogP contribution in [0.25, 0.3) is 0 Å². The Hall–Kier alpha value is -1.11. The van der Waals surface area contributed by atoms with E-state index >= 15 is 0 Å². The number of aliphatic hydroxyl groups excluding tert-OH is 1. The van der Waals surface area contributed by atoms with Crippen LogP contribution in [0.4, 0.5) is 5.69 Å². The number of nitrogen functional groups attached to an aromatic ring is 1. The van der Waals surface area contributed by atoms with Gasteiger partial charge in [0.15, 0.2) is 0 Å². The number of aliphatic hydroxyl groups is 1. The van der Waals surface area contributed by atoms with Gasteiger partial charge in [-0.2, -0.15) is 4.31 Å². The summed E-state index contributed by atoms with van der Waals surface area (Å²) in [6, 6.07) is 6.39. The van der Waals surface area contributed by atoms with Crippen molar-refractivity contribution in [3.63, 3.8) is 0 Å². The van der Waals surface area contributed by atoms with Crippen LogP contribution in [0.15, 0.2) is 29.2 Å². The smallest absolute Gasteiger partial charge is 0.245 e. The molecule has 1 aromatic carbocycles. The molecule has 2 rings (SSSR count). The molecular weight excluding hydrogens is 240 g/mol. The number of rotatable bonds is 2. The Labute approximate surface area is 101 Å². The van der Waals surface area contributed by atoms with E-state index < -0.39 is 16.1 Å². The zero-order valence-electron chi connectivity index (χ0n) is 9.41. The fourth-order valence-corrected chi connectivity index (χ4v) is 3.63. The molecule has 0 saturated carbocycles. The molecule has 1 saturated heterocycles. The van der Waals surface area contributed by atoms with Gasteiger partial charge >= 0.3 is 0 Å². The van der Waals surface area contributed by atoms with E-state index in [1.807, 2.05) is 0 Å². The third kappa shape index (κ3) is 2.43. The summed E-state index contributed by atoms with van der Waals surface area (Å²) in [6.45, 7) is 0.588. The molecule has 0 bridgehead atoms. The highest BCUT2D eigenvalue weighted by molar-refractivity contribution is 7.89. The van der Waals surface area contributed by atoms with Crippen LogP contribution in [0, 0.1) is 0 Å². The van der Waals surface area contributed by atoms with Gasteiger partial charge < -0.3 is 10.8 Å². The molecule has 94 valence electrons. The Bertz CT molecular complexity index is 501. The SMILES string of the molecule is Nc1ccccc1S(=O)(=O)N1CCC[C@H](O)C1. The highest BCUT2D eigenvalue weighted by Gasteiger charge is 2.30. The molecule has 5 nitrogen and oxygen atoms in total. The van der Waals surface area contributed by atoms with Crippen molar-refractivity contribution in [1.29, 1.82) is 0 Å². The summed E-state index contributed by atoms with van der Waals surface area (Å²) >= 11 is 0. The average Bonchev–Trinajstić information content (AvgIpc) is 2.29. The summed E-state index contributed by atoms with van der Waals surface area (Å²) in [5, 5.41) is 9.52. The van der Waals surface area contributed by atoms with Gasteiger partial charge in [-0.15, -0.1) is 0 Å². The van der Waals surface area contributed by atoms with E-state index in [9.17, 15) is 13.5 Å². The van der Waals surface area contributed by atoms with Crippen LogP contribution >= 0.6 is 0 Å². The van der Waals surface area contributed by atoms with E-state index in [0.29, 0.717) is 19.4 Å². The molecule has 1 aromatic rings. The Morgan fingerprint density at radius 2 is 2.06 bits per heavy atom. The average molecular weight is 256 g/mol. The molecule has 0 amide bonds. The van der Waals surface area contributed by atoms with Gasteiger partial charge in [-0.3, -0.25) is 0 Å². The topological polar surface area (TPSA) is 83.6 Å². The summed E-state index contributed by atoms with van der Waals surface area (Å²) in [5.74, 6) is 0. The van der Waals surface area contributed by atoms with Crippen molar-refractivity contribution in [3.05, 3.63) is 24.3 Å². The van der Waals surface area contributed by atoms with Gasteiger partial charge in [0, 0.05) is 13.1 Å². The molecule has 17 heavy (non-hydrogen) atoms.